The van der Waals surface area contributed by atoms with Crippen LogP contribution in [0, 0.1) is 0 Å². The molecule has 0 radical (unpaired) electrons. The number of thioether (sulfide) groups is 1. The number of nitrogens with zero attached hydrogens (tertiary/aromatic N) is 2. The average molecular weight is 445 g/mol. The smallest absolute Gasteiger partial charge is 0.242 e. The molecule has 0 aliphatic rings. The number of carbonyl (C=O) groups is 1. The third-order valence-electron chi connectivity index (χ3n) is 5.02. The zero-order valence-corrected chi connectivity index (χ0v) is 18.7. The van der Waals surface area contributed by atoms with Crippen LogP contribution in [-0.2, 0) is 11.2 Å². The number of nitrogens with one attached hydrogen (secondary N) is 2. The van der Waals surface area contributed by atoms with Crippen molar-refractivity contribution in [1.29, 1.82) is 0 Å². The third-order valence-corrected chi connectivity index (χ3v) is 6.14. The molecular formula is C25H24N4O2S. The summed E-state index contributed by atoms with van der Waals surface area (Å²) in [7, 11) is 1.61. The van der Waals surface area contributed by atoms with Crippen LogP contribution in [0.25, 0.3) is 11.4 Å². The minimum Gasteiger partial charge on any atom is -0.497 e. The Kier molecular flexibility index (Phi) is 6.87. The lowest BCUT2D eigenvalue weighted by Crippen LogP contribution is -2.19. The van der Waals surface area contributed by atoms with Crippen LogP contribution >= 0.6 is 11.8 Å². The molecule has 7 heteroatoms. The highest BCUT2D eigenvalue weighted by Gasteiger charge is 2.24. The Balaban J connectivity index is 1.54. The summed E-state index contributed by atoms with van der Waals surface area (Å²) in [6.45, 7) is 2.12. The molecule has 0 aliphatic carbocycles. The van der Waals surface area contributed by atoms with Crippen molar-refractivity contribution in [2.45, 2.75) is 23.8 Å². The number of aromatic nitrogens is 3. The number of carbonyl (C=O) groups excluding carboxylic acids is 1. The summed E-state index contributed by atoms with van der Waals surface area (Å²) in [4.78, 5) is 17.8. The van der Waals surface area contributed by atoms with Crippen molar-refractivity contribution >= 4 is 23.4 Å². The number of rotatable bonds is 8. The molecule has 1 aromatic heterocycles. The van der Waals surface area contributed by atoms with E-state index in [0.29, 0.717) is 16.7 Å². The molecule has 4 aromatic rings. The highest BCUT2D eigenvalue weighted by molar-refractivity contribution is 8.00. The monoisotopic (exact) mass is 444 g/mol. The molecule has 6 nitrogen and oxygen atoms in total. The maximum absolute atomic E-state index is 13.2. The summed E-state index contributed by atoms with van der Waals surface area (Å²) < 4.78 is 5.18. The number of aromatic amines is 1. The van der Waals surface area contributed by atoms with Crippen molar-refractivity contribution in [3.63, 3.8) is 0 Å². The molecule has 0 bridgehead atoms. The van der Waals surface area contributed by atoms with Gasteiger partial charge in [0, 0.05) is 11.3 Å². The third kappa shape index (κ3) is 5.18. The molecule has 0 saturated carbocycles. The Morgan fingerprint density at radius 1 is 1.03 bits per heavy atom. The lowest BCUT2D eigenvalue weighted by Gasteiger charge is -2.15. The number of H-pyrrole nitrogens is 1. The van der Waals surface area contributed by atoms with Gasteiger partial charge in [0.1, 0.15) is 11.0 Å². The van der Waals surface area contributed by atoms with Gasteiger partial charge in [-0.1, -0.05) is 73.3 Å². The molecular weight excluding hydrogens is 420 g/mol. The van der Waals surface area contributed by atoms with Gasteiger partial charge in [0.05, 0.1) is 7.11 Å². The van der Waals surface area contributed by atoms with Gasteiger partial charge in [-0.05, 0) is 41.8 Å². The molecule has 2 N–H and O–H groups in total. The molecule has 0 aliphatic heterocycles. The van der Waals surface area contributed by atoms with Crippen molar-refractivity contribution < 1.29 is 9.53 Å². The van der Waals surface area contributed by atoms with E-state index in [0.717, 1.165) is 23.3 Å². The molecule has 3 aromatic carbocycles. The number of anilines is 1. The summed E-state index contributed by atoms with van der Waals surface area (Å²) in [6, 6.07) is 25.1. The molecule has 32 heavy (non-hydrogen) atoms. The largest absolute Gasteiger partial charge is 0.497 e. The van der Waals surface area contributed by atoms with Crippen LogP contribution in [0.2, 0.25) is 0 Å². The number of ether oxygens (including phenoxy) is 1. The van der Waals surface area contributed by atoms with Crippen molar-refractivity contribution in [3.05, 3.63) is 90.0 Å². The average Bonchev–Trinajstić information content (AvgIpc) is 3.32. The van der Waals surface area contributed by atoms with Gasteiger partial charge in [-0.25, -0.2) is 4.98 Å². The van der Waals surface area contributed by atoms with Crippen LogP contribution in [-0.4, -0.2) is 28.2 Å². The Labute approximate surface area is 191 Å². The fourth-order valence-corrected chi connectivity index (χ4v) is 4.13. The van der Waals surface area contributed by atoms with Gasteiger partial charge in [-0.3, -0.25) is 9.89 Å². The van der Waals surface area contributed by atoms with Crippen molar-refractivity contribution in [2.75, 3.05) is 12.4 Å². The van der Waals surface area contributed by atoms with Crippen LogP contribution in [0.3, 0.4) is 0 Å². The van der Waals surface area contributed by atoms with E-state index in [9.17, 15) is 4.79 Å². The van der Waals surface area contributed by atoms with E-state index in [1.54, 1.807) is 7.11 Å². The molecule has 1 atom stereocenters. The first-order chi connectivity index (χ1) is 15.7. The van der Waals surface area contributed by atoms with Crippen molar-refractivity contribution in [1.82, 2.24) is 15.2 Å². The minimum absolute atomic E-state index is 0.148. The quantitative estimate of drug-likeness (QED) is 0.350. The van der Waals surface area contributed by atoms with Gasteiger partial charge in [-0.2, -0.15) is 0 Å². The van der Waals surface area contributed by atoms with Crippen molar-refractivity contribution in [3.8, 4) is 17.1 Å². The van der Waals surface area contributed by atoms with Gasteiger partial charge in [0.25, 0.3) is 0 Å². The molecule has 0 fully saturated rings. The van der Waals surface area contributed by atoms with Gasteiger partial charge in [0.2, 0.25) is 11.1 Å². The highest BCUT2D eigenvalue weighted by Crippen LogP contribution is 2.35. The Hall–Kier alpha value is -3.58. The number of benzene rings is 3. The Bertz CT molecular complexity index is 1160. The SMILES string of the molecule is CCc1ccc(-c2nc(SC(C(=O)Nc3ccc(OC)cc3)c3ccccc3)n[nH]2)cc1. The maximum Gasteiger partial charge on any atom is 0.242 e. The van der Waals surface area contributed by atoms with Gasteiger partial charge < -0.3 is 10.1 Å². The fourth-order valence-electron chi connectivity index (χ4n) is 3.21. The van der Waals surface area contributed by atoms with E-state index < -0.39 is 5.25 Å². The second kappa shape index (κ2) is 10.2. The highest BCUT2D eigenvalue weighted by atomic mass is 32.2. The number of aryl methyl sites for hydroxylation is 1. The van der Waals surface area contributed by atoms with E-state index in [1.807, 2.05) is 66.7 Å². The van der Waals surface area contributed by atoms with Crippen LogP contribution < -0.4 is 10.1 Å². The summed E-state index contributed by atoms with van der Waals surface area (Å²) in [5.41, 5.74) is 3.80. The standard InChI is InChI=1S/C25H24N4O2S/c1-3-17-9-11-19(12-10-17)23-27-25(29-28-23)32-22(18-7-5-4-6-8-18)24(30)26-20-13-15-21(31-2)16-14-20/h4-16,22H,3H2,1-2H3,(H,26,30)(H,27,28,29). The first-order valence-corrected chi connectivity index (χ1v) is 11.2. The lowest BCUT2D eigenvalue weighted by atomic mass is 10.1. The Morgan fingerprint density at radius 2 is 1.75 bits per heavy atom. The molecule has 162 valence electrons. The molecule has 1 unspecified atom stereocenters. The second-order valence-corrected chi connectivity index (χ2v) is 8.22. The van der Waals surface area contributed by atoms with E-state index in [2.05, 4.69) is 39.6 Å². The summed E-state index contributed by atoms with van der Waals surface area (Å²) in [6.07, 6.45) is 0.986. The van der Waals surface area contributed by atoms with Gasteiger partial charge in [0.15, 0.2) is 5.82 Å². The minimum atomic E-state index is -0.510. The van der Waals surface area contributed by atoms with Crippen LogP contribution in [0.15, 0.2) is 84.0 Å². The number of amides is 1. The zero-order valence-electron chi connectivity index (χ0n) is 17.9. The molecule has 1 heterocycles. The molecule has 0 spiro atoms. The number of hydrogen-bond acceptors (Lipinski definition) is 5. The molecule has 4 rings (SSSR count). The van der Waals surface area contributed by atoms with E-state index in [1.165, 1.54) is 17.3 Å². The predicted molar refractivity (Wildman–Crippen MR) is 128 cm³/mol. The van der Waals surface area contributed by atoms with Crippen LogP contribution in [0.5, 0.6) is 5.75 Å². The summed E-state index contributed by atoms with van der Waals surface area (Å²) >= 11 is 1.31. The molecule has 0 saturated heterocycles. The molecule has 1 amide bonds. The summed E-state index contributed by atoms with van der Waals surface area (Å²) in [5, 5.41) is 10.3. The van der Waals surface area contributed by atoms with E-state index >= 15 is 0 Å². The van der Waals surface area contributed by atoms with Crippen LogP contribution in [0.4, 0.5) is 5.69 Å². The first-order valence-electron chi connectivity index (χ1n) is 10.3. The number of methoxy groups -OCH3 is 1. The van der Waals surface area contributed by atoms with Gasteiger partial charge >= 0.3 is 0 Å². The second-order valence-electron chi connectivity index (χ2n) is 7.14. The summed E-state index contributed by atoms with van der Waals surface area (Å²) in [5.74, 6) is 1.26. The normalized spacial score (nSPS) is 11.7. The fraction of sp³-hybridized carbons (Fsp3) is 0.160. The zero-order chi connectivity index (χ0) is 22.3. The van der Waals surface area contributed by atoms with E-state index in [4.69, 9.17) is 4.74 Å². The Morgan fingerprint density at radius 3 is 2.41 bits per heavy atom. The lowest BCUT2D eigenvalue weighted by molar-refractivity contribution is -0.115. The number of hydrogen-bond donors (Lipinski definition) is 2. The topological polar surface area (TPSA) is 79.9 Å². The van der Waals surface area contributed by atoms with Crippen molar-refractivity contribution in [2.24, 2.45) is 0 Å². The predicted octanol–water partition coefficient (Wildman–Crippen LogP) is 5.51. The van der Waals surface area contributed by atoms with E-state index in [-0.39, 0.29) is 5.91 Å². The van der Waals surface area contributed by atoms with Gasteiger partial charge in [-0.15, -0.1) is 5.10 Å². The van der Waals surface area contributed by atoms with Crippen LogP contribution in [0.1, 0.15) is 23.3 Å². The first kappa shape index (κ1) is 21.6. The maximum atomic E-state index is 13.2.